The fourth-order valence-corrected chi connectivity index (χ4v) is 5.60. The molecule has 8 heteroatoms. The highest BCUT2D eigenvalue weighted by Crippen LogP contribution is 2.41. The Morgan fingerprint density at radius 3 is 2.33 bits per heavy atom. The minimum absolute atomic E-state index is 0.0515. The summed E-state index contributed by atoms with van der Waals surface area (Å²) in [5.41, 5.74) is 1.85. The maximum Gasteiger partial charge on any atom is 0.316 e. The number of ether oxygens (including phenoxy) is 2. The second-order valence-electron chi connectivity index (χ2n) is 9.68. The third-order valence-electron chi connectivity index (χ3n) is 7.38. The fourth-order valence-electron chi connectivity index (χ4n) is 5.60. The summed E-state index contributed by atoms with van der Waals surface area (Å²) in [7, 11) is 0. The predicted molar refractivity (Wildman–Crippen MR) is 133 cm³/mol. The highest BCUT2D eigenvalue weighted by molar-refractivity contribution is 6.22. The molecule has 3 amide bonds. The standard InChI is InChI=1S/C28H30N2O6/c1-3-35-24-11-7-6-10-23(24)29-16-18(15-25(29)31)28(34)36-19-12-13-22(17(2)14-19)30-26(32)20-8-4-5-9-21(20)27(30)33/h6-7,10-14,18,20-21H,3-5,8-9,15-16H2,1-2H3/t18-,20+,21+/m1/s1. The number of carbonyl (C=O) groups is 4. The fraction of sp³-hybridized carbons (Fsp3) is 0.429. The van der Waals surface area contributed by atoms with Gasteiger partial charge < -0.3 is 14.4 Å². The van der Waals surface area contributed by atoms with E-state index in [0.717, 1.165) is 25.7 Å². The first-order valence-corrected chi connectivity index (χ1v) is 12.6. The van der Waals surface area contributed by atoms with Gasteiger partial charge in [-0.05, 0) is 62.6 Å². The lowest BCUT2D eigenvalue weighted by Crippen LogP contribution is -2.31. The monoisotopic (exact) mass is 490 g/mol. The third-order valence-corrected chi connectivity index (χ3v) is 7.38. The van der Waals surface area contributed by atoms with Crippen molar-refractivity contribution in [1.29, 1.82) is 0 Å². The van der Waals surface area contributed by atoms with E-state index >= 15 is 0 Å². The molecule has 3 aliphatic rings. The van der Waals surface area contributed by atoms with E-state index in [9.17, 15) is 19.2 Å². The minimum Gasteiger partial charge on any atom is -0.492 e. The van der Waals surface area contributed by atoms with Gasteiger partial charge in [-0.2, -0.15) is 0 Å². The zero-order chi connectivity index (χ0) is 25.4. The first-order chi connectivity index (χ1) is 17.4. The molecule has 188 valence electrons. The van der Waals surface area contributed by atoms with E-state index in [-0.39, 0.29) is 42.5 Å². The number of benzene rings is 2. The largest absolute Gasteiger partial charge is 0.492 e. The Kier molecular flexibility index (Phi) is 6.51. The van der Waals surface area contributed by atoms with Crippen LogP contribution in [0.5, 0.6) is 11.5 Å². The van der Waals surface area contributed by atoms with Crippen molar-refractivity contribution in [2.24, 2.45) is 17.8 Å². The number of esters is 1. The molecule has 1 saturated carbocycles. The van der Waals surface area contributed by atoms with Crippen molar-refractivity contribution in [3.05, 3.63) is 48.0 Å². The minimum atomic E-state index is -0.614. The van der Waals surface area contributed by atoms with Crippen molar-refractivity contribution >= 4 is 35.1 Å². The molecule has 0 bridgehead atoms. The van der Waals surface area contributed by atoms with Gasteiger partial charge in [0.2, 0.25) is 17.7 Å². The second-order valence-corrected chi connectivity index (χ2v) is 9.68. The summed E-state index contributed by atoms with van der Waals surface area (Å²) in [5.74, 6) is -1.06. The van der Waals surface area contributed by atoms with Crippen LogP contribution in [0, 0.1) is 24.7 Å². The molecule has 2 heterocycles. The molecule has 2 aromatic rings. The Hall–Kier alpha value is -3.68. The summed E-state index contributed by atoms with van der Waals surface area (Å²) in [5, 5.41) is 0. The lowest BCUT2D eigenvalue weighted by molar-refractivity contribution is -0.139. The van der Waals surface area contributed by atoms with Gasteiger partial charge in [0.05, 0.1) is 35.7 Å². The molecule has 0 spiro atoms. The molecule has 5 rings (SSSR count). The molecular weight excluding hydrogens is 460 g/mol. The van der Waals surface area contributed by atoms with Gasteiger partial charge in [-0.15, -0.1) is 0 Å². The van der Waals surface area contributed by atoms with Gasteiger partial charge in [-0.3, -0.25) is 19.2 Å². The smallest absolute Gasteiger partial charge is 0.316 e. The molecule has 8 nitrogen and oxygen atoms in total. The number of nitrogens with zero attached hydrogens (tertiary/aromatic N) is 2. The van der Waals surface area contributed by atoms with Crippen molar-refractivity contribution in [1.82, 2.24) is 0 Å². The van der Waals surface area contributed by atoms with Crippen LogP contribution in [0.25, 0.3) is 0 Å². The van der Waals surface area contributed by atoms with Crippen LogP contribution in [-0.2, 0) is 19.2 Å². The third kappa shape index (κ3) is 4.25. The number of fused-ring (bicyclic) bond motifs is 1. The topological polar surface area (TPSA) is 93.2 Å². The summed E-state index contributed by atoms with van der Waals surface area (Å²) in [4.78, 5) is 54.4. The number of imide groups is 1. The Labute approximate surface area is 210 Å². The Morgan fingerprint density at radius 1 is 0.972 bits per heavy atom. The van der Waals surface area contributed by atoms with Gasteiger partial charge in [0.25, 0.3) is 0 Å². The van der Waals surface area contributed by atoms with E-state index in [4.69, 9.17) is 9.47 Å². The lowest BCUT2D eigenvalue weighted by Gasteiger charge is -2.20. The highest BCUT2D eigenvalue weighted by atomic mass is 16.5. The molecule has 1 aliphatic carbocycles. The number of rotatable bonds is 6. The normalized spacial score (nSPS) is 23.7. The summed E-state index contributed by atoms with van der Waals surface area (Å²) < 4.78 is 11.3. The first kappa shape index (κ1) is 24.0. The number of aryl methyl sites for hydroxylation is 1. The Bertz CT molecular complexity index is 1200. The van der Waals surface area contributed by atoms with E-state index in [1.807, 2.05) is 19.1 Å². The van der Waals surface area contributed by atoms with Gasteiger partial charge in [-0.1, -0.05) is 25.0 Å². The van der Waals surface area contributed by atoms with Gasteiger partial charge in [0, 0.05) is 13.0 Å². The predicted octanol–water partition coefficient (Wildman–Crippen LogP) is 4.03. The van der Waals surface area contributed by atoms with Crippen molar-refractivity contribution in [2.75, 3.05) is 23.0 Å². The van der Waals surface area contributed by atoms with Crippen LogP contribution in [0.15, 0.2) is 42.5 Å². The van der Waals surface area contributed by atoms with E-state index in [0.29, 0.717) is 35.0 Å². The van der Waals surface area contributed by atoms with Crippen molar-refractivity contribution in [2.45, 2.75) is 46.0 Å². The average molecular weight is 491 g/mol. The van der Waals surface area contributed by atoms with Crippen LogP contribution in [0.3, 0.4) is 0 Å². The number of para-hydroxylation sites is 2. The molecule has 3 fully saturated rings. The zero-order valence-electron chi connectivity index (χ0n) is 20.6. The lowest BCUT2D eigenvalue weighted by atomic mass is 9.81. The van der Waals surface area contributed by atoms with Gasteiger partial charge in [-0.25, -0.2) is 4.90 Å². The molecule has 2 aromatic carbocycles. The number of carbonyl (C=O) groups excluding carboxylic acids is 4. The molecule has 2 aliphatic heterocycles. The Morgan fingerprint density at radius 2 is 1.67 bits per heavy atom. The zero-order valence-corrected chi connectivity index (χ0v) is 20.6. The molecule has 3 atom stereocenters. The van der Waals surface area contributed by atoms with Crippen LogP contribution in [0.4, 0.5) is 11.4 Å². The number of hydrogen-bond donors (Lipinski definition) is 0. The van der Waals surface area contributed by atoms with E-state index in [1.165, 1.54) is 4.90 Å². The van der Waals surface area contributed by atoms with Gasteiger partial charge in [0.1, 0.15) is 11.5 Å². The maximum absolute atomic E-state index is 13.0. The van der Waals surface area contributed by atoms with Crippen LogP contribution in [0.1, 0.15) is 44.6 Å². The van der Waals surface area contributed by atoms with Crippen molar-refractivity contribution in [3.8, 4) is 11.5 Å². The van der Waals surface area contributed by atoms with Crippen LogP contribution >= 0.6 is 0 Å². The quantitative estimate of drug-likeness (QED) is 0.345. The summed E-state index contributed by atoms with van der Waals surface area (Å²) in [6.45, 7) is 4.34. The molecule has 0 unspecified atom stereocenters. The highest BCUT2D eigenvalue weighted by Gasteiger charge is 2.49. The number of amides is 3. The number of anilines is 2. The first-order valence-electron chi connectivity index (χ1n) is 12.6. The van der Waals surface area contributed by atoms with Crippen molar-refractivity contribution < 1.29 is 28.7 Å². The van der Waals surface area contributed by atoms with E-state index in [2.05, 4.69) is 0 Å². The summed E-state index contributed by atoms with van der Waals surface area (Å²) in [6.07, 6.45) is 3.51. The maximum atomic E-state index is 13.0. The summed E-state index contributed by atoms with van der Waals surface area (Å²) in [6, 6.07) is 12.2. The van der Waals surface area contributed by atoms with Crippen LogP contribution in [0.2, 0.25) is 0 Å². The SMILES string of the molecule is CCOc1ccccc1N1C[C@H](C(=O)Oc2ccc(N3C(=O)[C@H]4CCCC[C@@H]4C3=O)c(C)c2)CC1=O. The average Bonchev–Trinajstić information content (AvgIpc) is 3.38. The molecular formula is C28H30N2O6. The van der Waals surface area contributed by atoms with Gasteiger partial charge in [0.15, 0.2) is 0 Å². The van der Waals surface area contributed by atoms with Crippen molar-refractivity contribution in [3.63, 3.8) is 0 Å². The molecule has 36 heavy (non-hydrogen) atoms. The molecule has 0 aromatic heterocycles. The molecule has 0 radical (unpaired) electrons. The van der Waals surface area contributed by atoms with Crippen LogP contribution in [-0.4, -0.2) is 36.8 Å². The number of hydrogen-bond acceptors (Lipinski definition) is 6. The Balaban J connectivity index is 1.28. The van der Waals surface area contributed by atoms with Gasteiger partial charge >= 0.3 is 5.97 Å². The van der Waals surface area contributed by atoms with Crippen LogP contribution < -0.4 is 19.3 Å². The summed E-state index contributed by atoms with van der Waals surface area (Å²) >= 11 is 0. The van der Waals surface area contributed by atoms with E-state index < -0.39 is 11.9 Å². The molecule has 2 saturated heterocycles. The molecule has 0 N–H and O–H groups in total. The second kappa shape index (κ2) is 9.76. The van der Waals surface area contributed by atoms with E-state index in [1.54, 1.807) is 42.2 Å².